The average Bonchev–Trinajstić information content (AvgIpc) is 2.93. The van der Waals surface area contributed by atoms with E-state index in [0.717, 1.165) is 17.6 Å². The van der Waals surface area contributed by atoms with Crippen molar-refractivity contribution in [1.82, 2.24) is 4.98 Å². The SMILES string of the molecule is CCC(Nc1ccc2ncsc2c1)c1ccc(O)cc1. The number of hydrogen-bond donors (Lipinski definition) is 2. The molecule has 0 radical (unpaired) electrons. The van der Waals surface area contributed by atoms with E-state index >= 15 is 0 Å². The van der Waals surface area contributed by atoms with Crippen LogP contribution < -0.4 is 5.32 Å². The van der Waals surface area contributed by atoms with Crippen LogP contribution in [0.4, 0.5) is 5.69 Å². The molecule has 0 amide bonds. The third-order valence-corrected chi connectivity index (χ3v) is 4.17. The molecule has 0 saturated carbocycles. The Morgan fingerprint density at radius 3 is 2.75 bits per heavy atom. The number of aromatic hydroxyl groups is 1. The number of hydrogen-bond acceptors (Lipinski definition) is 4. The number of phenols is 1. The van der Waals surface area contributed by atoms with Crippen LogP contribution in [0.2, 0.25) is 0 Å². The first-order chi connectivity index (χ1) is 9.76. The van der Waals surface area contributed by atoms with E-state index in [1.165, 1.54) is 10.3 Å². The van der Waals surface area contributed by atoms with Crippen LogP contribution in [-0.4, -0.2) is 10.1 Å². The molecule has 0 aliphatic rings. The highest BCUT2D eigenvalue weighted by Gasteiger charge is 2.09. The Morgan fingerprint density at radius 1 is 1.20 bits per heavy atom. The molecule has 3 rings (SSSR count). The highest BCUT2D eigenvalue weighted by atomic mass is 32.1. The van der Waals surface area contributed by atoms with Crippen LogP contribution in [0.25, 0.3) is 10.2 Å². The zero-order valence-electron chi connectivity index (χ0n) is 11.2. The molecule has 3 nitrogen and oxygen atoms in total. The van der Waals surface area contributed by atoms with Crippen molar-refractivity contribution in [2.75, 3.05) is 5.32 Å². The Bertz CT molecular complexity index is 706. The van der Waals surface area contributed by atoms with Crippen LogP contribution in [0, 0.1) is 0 Å². The van der Waals surface area contributed by atoms with Gasteiger partial charge in [0.25, 0.3) is 0 Å². The molecule has 0 aliphatic carbocycles. The van der Waals surface area contributed by atoms with Crippen LogP contribution in [0.15, 0.2) is 48.0 Å². The number of aromatic nitrogens is 1. The number of phenolic OH excluding ortho intramolecular Hbond substituents is 1. The smallest absolute Gasteiger partial charge is 0.115 e. The van der Waals surface area contributed by atoms with Crippen LogP contribution in [0.5, 0.6) is 5.75 Å². The molecule has 1 unspecified atom stereocenters. The molecule has 0 bridgehead atoms. The molecule has 102 valence electrons. The van der Waals surface area contributed by atoms with E-state index < -0.39 is 0 Å². The molecule has 0 saturated heterocycles. The van der Waals surface area contributed by atoms with Gasteiger partial charge in [0.1, 0.15) is 5.75 Å². The third kappa shape index (κ3) is 2.60. The maximum absolute atomic E-state index is 9.37. The van der Waals surface area contributed by atoms with Crippen LogP contribution in [0.1, 0.15) is 24.9 Å². The minimum Gasteiger partial charge on any atom is -0.508 e. The minimum atomic E-state index is 0.237. The molecule has 1 aromatic heterocycles. The van der Waals surface area contributed by atoms with E-state index in [9.17, 15) is 5.11 Å². The van der Waals surface area contributed by atoms with Crippen LogP contribution in [-0.2, 0) is 0 Å². The van der Waals surface area contributed by atoms with E-state index in [1.54, 1.807) is 23.5 Å². The molecule has 2 aromatic carbocycles. The standard InChI is InChI=1S/C16H16N2OS/c1-2-14(11-3-6-13(19)7-4-11)18-12-5-8-15-16(9-12)20-10-17-15/h3-10,14,18-19H,2H2,1H3. The maximum Gasteiger partial charge on any atom is 0.115 e. The van der Waals surface area contributed by atoms with Crippen LogP contribution >= 0.6 is 11.3 Å². The summed E-state index contributed by atoms with van der Waals surface area (Å²) in [6.45, 7) is 2.15. The fourth-order valence-corrected chi connectivity index (χ4v) is 2.99. The molecule has 0 fully saturated rings. The normalized spacial score (nSPS) is 12.4. The van der Waals surface area contributed by atoms with Gasteiger partial charge < -0.3 is 10.4 Å². The second-order valence-corrected chi connectivity index (χ2v) is 5.62. The monoisotopic (exact) mass is 284 g/mol. The molecule has 20 heavy (non-hydrogen) atoms. The molecular formula is C16H16N2OS. The van der Waals surface area contributed by atoms with Crippen molar-refractivity contribution in [1.29, 1.82) is 0 Å². The maximum atomic E-state index is 9.37. The van der Waals surface area contributed by atoms with Crippen molar-refractivity contribution < 1.29 is 5.11 Å². The van der Waals surface area contributed by atoms with Gasteiger partial charge >= 0.3 is 0 Å². The van der Waals surface area contributed by atoms with Crippen LogP contribution in [0.3, 0.4) is 0 Å². The van der Waals surface area contributed by atoms with Crippen molar-refractivity contribution in [3.63, 3.8) is 0 Å². The summed E-state index contributed by atoms with van der Waals surface area (Å²) < 4.78 is 1.19. The van der Waals surface area contributed by atoms with Crippen molar-refractivity contribution in [3.8, 4) is 5.75 Å². The molecular weight excluding hydrogens is 268 g/mol. The first-order valence-electron chi connectivity index (χ1n) is 6.65. The first kappa shape index (κ1) is 12.9. The van der Waals surface area contributed by atoms with E-state index in [4.69, 9.17) is 0 Å². The summed E-state index contributed by atoms with van der Waals surface area (Å²) in [4.78, 5) is 4.29. The molecule has 1 atom stereocenters. The number of rotatable bonds is 4. The summed E-state index contributed by atoms with van der Waals surface area (Å²) in [7, 11) is 0. The van der Waals surface area contributed by atoms with Gasteiger partial charge in [-0.3, -0.25) is 0 Å². The summed E-state index contributed by atoms with van der Waals surface area (Å²) in [6.07, 6.45) is 0.978. The molecule has 0 spiro atoms. The Labute approximate surface area is 121 Å². The molecule has 1 heterocycles. The number of benzene rings is 2. The quantitative estimate of drug-likeness (QED) is 0.738. The molecule has 3 aromatic rings. The van der Waals surface area contributed by atoms with Gasteiger partial charge in [0.05, 0.1) is 21.8 Å². The average molecular weight is 284 g/mol. The lowest BCUT2D eigenvalue weighted by molar-refractivity contribution is 0.475. The lowest BCUT2D eigenvalue weighted by atomic mass is 10.0. The Morgan fingerprint density at radius 2 is 2.00 bits per heavy atom. The fourth-order valence-electron chi connectivity index (χ4n) is 2.27. The van der Waals surface area contributed by atoms with E-state index in [-0.39, 0.29) is 6.04 Å². The van der Waals surface area contributed by atoms with E-state index in [0.29, 0.717) is 5.75 Å². The minimum absolute atomic E-state index is 0.237. The molecule has 2 N–H and O–H groups in total. The largest absolute Gasteiger partial charge is 0.508 e. The number of nitrogens with one attached hydrogen (secondary N) is 1. The van der Waals surface area contributed by atoms with Gasteiger partial charge in [0.2, 0.25) is 0 Å². The zero-order valence-corrected chi connectivity index (χ0v) is 12.0. The Balaban J connectivity index is 1.84. The summed E-state index contributed by atoms with van der Waals surface area (Å²) in [5.41, 5.74) is 5.18. The predicted octanol–water partition coefficient (Wildman–Crippen LogP) is 4.57. The number of nitrogens with zero attached hydrogens (tertiary/aromatic N) is 1. The summed E-state index contributed by atoms with van der Waals surface area (Å²) >= 11 is 1.65. The molecule has 4 heteroatoms. The van der Waals surface area contributed by atoms with Crippen molar-refractivity contribution in [3.05, 3.63) is 53.5 Å². The zero-order chi connectivity index (χ0) is 13.9. The predicted molar refractivity (Wildman–Crippen MR) is 84.4 cm³/mol. The summed E-state index contributed by atoms with van der Waals surface area (Å²) in [5.74, 6) is 0.301. The number of anilines is 1. The second kappa shape index (κ2) is 5.51. The van der Waals surface area contributed by atoms with Gasteiger partial charge in [-0.15, -0.1) is 11.3 Å². The highest BCUT2D eigenvalue weighted by Crippen LogP contribution is 2.27. The Kier molecular flexibility index (Phi) is 3.56. The lowest BCUT2D eigenvalue weighted by Crippen LogP contribution is -2.09. The van der Waals surface area contributed by atoms with Crippen molar-refractivity contribution in [2.45, 2.75) is 19.4 Å². The molecule has 0 aliphatic heterocycles. The van der Waals surface area contributed by atoms with Gasteiger partial charge in [-0.05, 0) is 42.3 Å². The number of thiazole rings is 1. The van der Waals surface area contributed by atoms with E-state index in [1.807, 2.05) is 23.7 Å². The van der Waals surface area contributed by atoms with Gasteiger partial charge in [-0.2, -0.15) is 0 Å². The highest BCUT2D eigenvalue weighted by molar-refractivity contribution is 7.16. The fraction of sp³-hybridized carbons (Fsp3) is 0.188. The van der Waals surface area contributed by atoms with Gasteiger partial charge in [-0.25, -0.2) is 4.98 Å². The first-order valence-corrected chi connectivity index (χ1v) is 7.53. The Hall–Kier alpha value is -2.07. The summed E-state index contributed by atoms with van der Waals surface area (Å²) in [5, 5.41) is 12.9. The lowest BCUT2D eigenvalue weighted by Gasteiger charge is -2.19. The summed E-state index contributed by atoms with van der Waals surface area (Å²) in [6, 6.07) is 13.8. The third-order valence-electron chi connectivity index (χ3n) is 3.38. The van der Waals surface area contributed by atoms with Gasteiger partial charge in [0.15, 0.2) is 0 Å². The van der Waals surface area contributed by atoms with Crippen molar-refractivity contribution in [2.24, 2.45) is 0 Å². The van der Waals surface area contributed by atoms with E-state index in [2.05, 4.69) is 29.4 Å². The number of fused-ring (bicyclic) bond motifs is 1. The van der Waals surface area contributed by atoms with Crippen molar-refractivity contribution >= 4 is 27.2 Å². The topological polar surface area (TPSA) is 45.2 Å². The van der Waals surface area contributed by atoms with Gasteiger partial charge in [-0.1, -0.05) is 19.1 Å². The van der Waals surface area contributed by atoms with Gasteiger partial charge in [0, 0.05) is 5.69 Å². The second-order valence-electron chi connectivity index (χ2n) is 4.73.